The number of aromatic hydroxyl groups is 1. The highest BCUT2D eigenvalue weighted by atomic mass is 32.1. The molecule has 1 saturated carbocycles. The predicted molar refractivity (Wildman–Crippen MR) is 75.3 cm³/mol. The third-order valence-corrected chi connectivity index (χ3v) is 4.11. The number of carbonyl (C=O) groups is 1. The van der Waals surface area contributed by atoms with E-state index in [1.54, 1.807) is 29.5 Å². The maximum atomic E-state index is 12.5. The Balaban J connectivity index is 1.82. The summed E-state index contributed by atoms with van der Waals surface area (Å²) in [5.41, 5.74) is 0.559. The number of amides is 1. The van der Waals surface area contributed by atoms with E-state index in [2.05, 4.69) is 6.07 Å². The lowest BCUT2D eigenvalue weighted by atomic mass is 10.2. The van der Waals surface area contributed by atoms with Crippen LogP contribution in [-0.2, 0) is 6.54 Å². The zero-order valence-corrected chi connectivity index (χ0v) is 11.3. The van der Waals surface area contributed by atoms with Gasteiger partial charge in [0.2, 0.25) is 0 Å². The van der Waals surface area contributed by atoms with Gasteiger partial charge in [0.1, 0.15) is 5.75 Å². The monoisotopic (exact) mass is 273 g/mol. The van der Waals surface area contributed by atoms with Crippen LogP contribution in [0.2, 0.25) is 0 Å². The summed E-state index contributed by atoms with van der Waals surface area (Å²) in [6, 6.07) is 11.0. The second kappa shape index (κ2) is 5.05. The number of hydrogen-bond donors (Lipinski definition) is 1. The van der Waals surface area contributed by atoms with Crippen LogP contribution in [0.5, 0.6) is 5.75 Å². The number of hydrogen-bond acceptors (Lipinski definition) is 3. The van der Waals surface area contributed by atoms with Crippen molar-refractivity contribution >= 4 is 17.2 Å². The second-order valence-electron chi connectivity index (χ2n) is 4.79. The van der Waals surface area contributed by atoms with E-state index in [4.69, 9.17) is 0 Å². The molecule has 0 aliphatic heterocycles. The number of thiophene rings is 1. The average Bonchev–Trinajstić information content (AvgIpc) is 3.12. The predicted octanol–water partition coefficient (Wildman–Crippen LogP) is 3.26. The zero-order valence-electron chi connectivity index (χ0n) is 10.5. The molecule has 0 radical (unpaired) electrons. The van der Waals surface area contributed by atoms with Gasteiger partial charge in [-0.25, -0.2) is 0 Å². The molecule has 2 aromatic rings. The van der Waals surface area contributed by atoms with E-state index < -0.39 is 0 Å². The zero-order chi connectivity index (χ0) is 13.2. The Morgan fingerprint density at radius 2 is 2.16 bits per heavy atom. The van der Waals surface area contributed by atoms with Crippen LogP contribution in [0.25, 0.3) is 0 Å². The van der Waals surface area contributed by atoms with Gasteiger partial charge in [-0.15, -0.1) is 11.3 Å². The number of rotatable bonds is 4. The van der Waals surface area contributed by atoms with Crippen molar-refractivity contribution in [1.29, 1.82) is 0 Å². The number of phenols is 1. The van der Waals surface area contributed by atoms with Gasteiger partial charge in [-0.2, -0.15) is 0 Å². The molecule has 19 heavy (non-hydrogen) atoms. The Kier molecular flexibility index (Phi) is 3.25. The number of carbonyl (C=O) groups excluding carboxylic acids is 1. The van der Waals surface area contributed by atoms with Crippen LogP contribution < -0.4 is 0 Å². The summed E-state index contributed by atoms with van der Waals surface area (Å²) in [7, 11) is 0. The van der Waals surface area contributed by atoms with E-state index in [0.29, 0.717) is 18.2 Å². The molecule has 1 fully saturated rings. The highest BCUT2D eigenvalue weighted by molar-refractivity contribution is 7.09. The molecule has 4 heteroatoms. The fourth-order valence-electron chi connectivity index (χ4n) is 2.13. The molecule has 3 nitrogen and oxygen atoms in total. The number of nitrogens with zero attached hydrogens (tertiary/aromatic N) is 1. The summed E-state index contributed by atoms with van der Waals surface area (Å²) in [6.07, 6.45) is 2.16. The summed E-state index contributed by atoms with van der Waals surface area (Å²) >= 11 is 1.67. The molecule has 0 bridgehead atoms. The molecule has 1 amide bonds. The third-order valence-electron chi connectivity index (χ3n) is 3.25. The van der Waals surface area contributed by atoms with E-state index >= 15 is 0 Å². The van der Waals surface area contributed by atoms with Crippen LogP contribution >= 0.6 is 11.3 Å². The van der Waals surface area contributed by atoms with E-state index in [1.165, 1.54) is 10.9 Å². The van der Waals surface area contributed by atoms with Crippen molar-refractivity contribution in [1.82, 2.24) is 4.90 Å². The Morgan fingerprint density at radius 1 is 1.32 bits per heavy atom. The van der Waals surface area contributed by atoms with Gasteiger partial charge in [0.25, 0.3) is 5.91 Å². The van der Waals surface area contributed by atoms with E-state index in [1.807, 2.05) is 16.3 Å². The maximum absolute atomic E-state index is 12.5. The summed E-state index contributed by atoms with van der Waals surface area (Å²) in [5.74, 6) is 0.143. The van der Waals surface area contributed by atoms with Gasteiger partial charge in [-0.3, -0.25) is 4.79 Å². The van der Waals surface area contributed by atoms with Gasteiger partial charge in [-0.1, -0.05) is 12.1 Å². The Labute approximate surface area is 116 Å². The summed E-state index contributed by atoms with van der Waals surface area (Å²) in [4.78, 5) is 15.6. The molecular weight excluding hydrogens is 258 g/mol. The van der Waals surface area contributed by atoms with Crippen molar-refractivity contribution in [3.8, 4) is 5.75 Å². The van der Waals surface area contributed by atoms with Gasteiger partial charge in [0, 0.05) is 16.5 Å². The topological polar surface area (TPSA) is 40.5 Å². The lowest BCUT2D eigenvalue weighted by Gasteiger charge is -2.22. The highest BCUT2D eigenvalue weighted by Crippen LogP contribution is 2.31. The smallest absolute Gasteiger partial charge is 0.254 e. The molecular formula is C15H15NO2S. The first kappa shape index (κ1) is 12.2. The van der Waals surface area contributed by atoms with Crippen LogP contribution in [-0.4, -0.2) is 22.0 Å². The molecule has 1 N–H and O–H groups in total. The normalized spacial score (nSPS) is 14.3. The minimum Gasteiger partial charge on any atom is -0.508 e. The number of phenolic OH excluding ortho intramolecular Hbond substituents is 1. The fraction of sp³-hybridized carbons (Fsp3) is 0.267. The Hall–Kier alpha value is -1.81. The first-order valence-electron chi connectivity index (χ1n) is 6.36. The van der Waals surface area contributed by atoms with Gasteiger partial charge >= 0.3 is 0 Å². The molecule has 1 aliphatic rings. The van der Waals surface area contributed by atoms with Crippen molar-refractivity contribution in [3.05, 3.63) is 52.2 Å². The summed E-state index contributed by atoms with van der Waals surface area (Å²) in [5, 5.41) is 11.5. The Morgan fingerprint density at radius 3 is 2.79 bits per heavy atom. The largest absolute Gasteiger partial charge is 0.508 e. The molecule has 0 atom stereocenters. The lowest BCUT2D eigenvalue weighted by Crippen LogP contribution is -2.32. The van der Waals surface area contributed by atoms with Crippen LogP contribution in [0, 0.1) is 0 Å². The molecule has 1 aliphatic carbocycles. The quantitative estimate of drug-likeness (QED) is 0.929. The fourth-order valence-corrected chi connectivity index (χ4v) is 2.83. The van der Waals surface area contributed by atoms with Gasteiger partial charge in [-0.05, 0) is 42.5 Å². The van der Waals surface area contributed by atoms with E-state index in [-0.39, 0.29) is 11.7 Å². The van der Waals surface area contributed by atoms with Crippen molar-refractivity contribution < 1.29 is 9.90 Å². The van der Waals surface area contributed by atoms with Gasteiger partial charge in [0.05, 0.1) is 6.54 Å². The van der Waals surface area contributed by atoms with E-state index in [0.717, 1.165) is 12.8 Å². The minimum atomic E-state index is 0.00630. The molecule has 1 aromatic heterocycles. The van der Waals surface area contributed by atoms with Crippen molar-refractivity contribution in [2.45, 2.75) is 25.4 Å². The maximum Gasteiger partial charge on any atom is 0.254 e. The molecule has 1 aromatic carbocycles. The van der Waals surface area contributed by atoms with Crippen molar-refractivity contribution in [2.24, 2.45) is 0 Å². The lowest BCUT2D eigenvalue weighted by molar-refractivity contribution is 0.0731. The minimum absolute atomic E-state index is 0.00630. The van der Waals surface area contributed by atoms with Crippen LogP contribution in [0.4, 0.5) is 0 Å². The van der Waals surface area contributed by atoms with Crippen molar-refractivity contribution in [3.63, 3.8) is 0 Å². The summed E-state index contributed by atoms with van der Waals surface area (Å²) < 4.78 is 0. The second-order valence-corrected chi connectivity index (χ2v) is 5.83. The first-order chi connectivity index (χ1) is 9.24. The summed E-state index contributed by atoms with van der Waals surface area (Å²) in [6.45, 7) is 0.664. The molecule has 1 heterocycles. The molecule has 0 spiro atoms. The van der Waals surface area contributed by atoms with Crippen LogP contribution in [0.3, 0.4) is 0 Å². The van der Waals surface area contributed by atoms with Crippen LogP contribution in [0.1, 0.15) is 28.1 Å². The van der Waals surface area contributed by atoms with Gasteiger partial charge < -0.3 is 10.0 Å². The molecule has 3 rings (SSSR count). The first-order valence-corrected chi connectivity index (χ1v) is 7.24. The molecule has 0 saturated heterocycles. The van der Waals surface area contributed by atoms with E-state index in [9.17, 15) is 9.90 Å². The van der Waals surface area contributed by atoms with Crippen LogP contribution in [0.15, 0.2) is 41.8 Å². The van der Waals surface area contributed by atoms with Gasteiger partial charge in [0.15, 0.2) is 0 Å². The average molecular weight is 273 g/mol. The third kappa shape index (κ3) is 2.79. The van der Waals surface area contributed by atoms with Crippen molar-refractivity contribution in [2.75, 3.05) is 0 Å². The Bertz CT molecular complexity index is 576. The number of benzene rings is 1. The SMILES string of the molecule is O=C(c1cccc(O)c1)N(Cc1cccs1)C1CC1. The highest BCUT2D eigenvalue weighted by Gasteiger charge is 2.33. The standard InChI is InChI=1S/C15H15NO2S/c17-13-4-1-3-11(9-13)15(18)16(12-6-7-12)10-14-5-2-8-19-14/h1-5,8-9,12,17H,6-7,10H2. The molecule has 98 valence electrons. The molecule has 0 unspecified atom stereocenters.